The molecular formula is C12H19Br2N3. The predicted octanol–water partition coefficient (Wildman–Crippen LogP) is 3.10. The van der Waals surface area contributed by atoms with Crippen LogP contribution in [0.25, 0.3) is 0 Å². The highest BCUT2D eigenvalue weighted by Crippen LogP contribution is 2.25. The molecule has 1 aromatic heterocycles. The summed E-state index contributed by atoms with van der Waals surface area (Å²) in [6, 6.07) is 0. The summed E-state index contributed by atoms with van der Waals surface area (Å²) in [5, 5.41) is 4.54. The Kier molecular flexibility index (Phi) is 4.66. The summed E-state index contributed by atoms with van der Waals surface area (Å²) in [5.74, 6) is 0. The molecule has 0 radical (unpaired) electrons. The van der Waals surface area contributed by atoms with Crippen LogP contribution in [0.1, 0.15) is 31.2 Å². The van der Waals surface area contributed by atoms with Crippen molar-refractivity contribution in [2.24, 2.45) is 7.05 Å². The fourth-order valence-electron chi connectivity index (χ4n) is 2.35. The Labute approximate surface area is 120 Å². The van der Waals surface area contributed by atoms with E-state index in [1.165, 1.54) is 29.6 Å². The average Bonchev–Trinajstić information content (AvgIpc) is 2.56. The summed E-state index contributed by atoms with van der Waals surface area (Å²) in [5.41, 5.74) is 2.46. The first-order valence-electron chi connectivity index (χ1n) is 6.18. The van der Waals surface area contributed by atoms with Crippen LogP contribution in [0.3, 0.4) is 0 Å². The molecule has 1 saturated heterocycles. The normalized spacial score (nSPS) is 22.0. The second-order valence-electron chi connectivity index (χ2n) is 4.66. The zero-order chi connectivity index (χ0) is 12.4. The van der Waals surface area contributed by atoms with Gasteiger partial charge < -0.3 is 0 Å². The Hall–Kier alpha value is 0.130. The van der Waals surface area contributed by atoms with Gasteiger partial charge in [-0.15, -0.1) is 0 Å². The number of hydrogen-bond donors (Lipinski definition) is 0. The molecule has 0 saturated carbocycles. The fourth-order valence-corrected chi connectivity index (χ4v) is 3.82. The van der Waals surface area contributed by atoms with E-state index in [-0.39, 0.29) is 0 Å². The van der Waals surface area contributed by atoms with Crippen LogP contribution in [-0.2, 0) is 20.0 Å². The van der Waals surface area contributed by atoms with Crippen LogP contribution in [0, 0.1) is 0 Å². The number of aryl methyl sites for hydroxylation is 2. The molecule has 0 aromatic carbocycles. The van der Waals surface area contributed by atoms with E-state index in [4.69, 9.17) is 0 Å². The molecule has 0 amide bonds. The molecule has 1 aromatic rings. The number of halogens is 2. The van der Waals surface area contributed by atoms with Crippen molar-refractivity contribution < 1.29 is 0 Å². The Morgan fingerprint density at radius 2 is 2.24 bits per heavy atom. The number of rotatable bonds is 3. The molecule has 1 unspecified atom stereocenters. The van der Waals surface area contributed by atoms with Gasteiger partial charge in [-0.3, -0.25) is 9.58 Å². The van der Waals surface area contributed by atoms with Gasteiger partial charge in [-0.05, 0) is 41.7 Å². The maximum atomic E-state index is 4.54. The van der Waals surface area contributed by atoms with Crippen molar-refractivity contribution in [3.63, 3.8) is 0 Å². The van der Waals surface area contributed by atoms with Crippen molar-refractivity contribution >= 4 is 31.9 Å². The Bertz CT molecular complexity index is 389. The smallest absolute Gasteiger partial charge is 0.0767 e. The number of piperidine rings is 1. The summed E-state index contributed by atoms with van der Waals surface area (Å²) in [6.07, 6.45) is 3.56. The minimum atomic E-state index is 0.647. The van der Waals surface area contributed by atoms with Gasteiger partial charge in [0, 0.05) is 25.0 Å². The molecule has 3 nitrogen and oxygen atoms in total. The highest BCUT2D eigenvalue weighted by molar-refractivity contribution is 9.10. The molecule has 17 heavy (non-hydrogen) atoms. The summed E-state index contributed by atoms with van der Waals surface area (Å²) in [7, 11) is 2.04. The van der Waals surface area contributed by atoms with Crippen LogP contribution in [-0.4, -0.2) is 32.6 Å². The van der Waals surface area contributed by atoms with Gasteiger partial charge >= 0.3 is 0 Å². The van der Waals surface area contributed by atoms with E-state index in [9.17, 15) is 0 Å². The SMILES string of the molecule is CCc1nn(C)c(CN2CCCC(Br)C2)c1Br. The quantitative estimate of drug-likeness (QED) is 0.768. The molecule has 0 bridgehead atoms. The van der Waals surface area contributed by atoms with Crippen molar-refractivity contribution in [3.05, 3.63) is 15.9 Å². The van der Waals surface area contributed by atoms with Gasteiger partial charge in [0.15, 0.2) is 0 Å². The largest absolute Gasteiger partial charge is 0.296 e. The van der Waals surface area contributed by atoms with E-state index in [2.05, 4.69) is 48.8 Å². The third-order valence-electron chi connectivity index (χ3n) is 3.32. The zero-order valence-corrected chi connectivity index (χ0v) is 13.6. The van der Waals surface area contributed by atoms with Gasteiger partial charge in [0.25, 0.3) is 0 Å². The number of nitrogens with zero attached hydrogens (tertiary/aromatic N) is 3. The van der Waals surface area contributed by atoms with Crippen LogP contribution in [0.5, 0.6) is 0 Å². The molecule has 5 heteroatoms. The number of likely N-dealkylation sites (tertiary alicyclic amines) is 1. The Morgan fingerprint density at radius 1 is 1.47 bits per heavy atom. The molecular weight excluding hydrogens is 346 g/mol. The molecule has 2 heterocycles. The van der Waals surface area contributed by atoms with Crippen molar-refractivity contribution in [3.8, 4) is 0 Å². The standard InChI is InChI=1S/C12H19Br2N3/c1-3-10-12(14)11(16(2)15-10)8-17-6-4-5-9(13)7-17/h9H,3-8H2,1-2H3. The zero-order valence-electron chi connectivity index (χ0n) is 10.4. The van der Waals surface area contributed by atoms with E-state index in [0.29, 0.717) is 4.83 Å². The molecule has 1 aliphatic rings. The average molecular weight is 365 g/mol. The molecule has 0 N–H and O–H groups in total. The Morgan fingerprint density at radius 3 is 2.82 bits per heavy atom. The molecule has 1 fully saturated rings. The topological polar surface area (TPSA) is 21.1 Å². The van der Waals surface area contributed by atoms with E-state index in [1.54, 1.807) is 0 Å². The van der Waals surface area contributed by atoms with Crippen LogP contribution in [0.2, 0.25) is 0 Å². The lowest BCUT2D eigenvalue weighted by molar-refractivity contribution is 0.222. The van der Waals surface area contributed by atoms with Crippen LogP contribution >= 0.6 is 31.9 Å². The van der Waals surface area contributed by atoms with Crippen molar-refractivity contribution in [2.75, 3.05) is 13.1 Å². The van der Waals surface area contributed by atoms with E-state index in [0.717, 1.165) is 25.2 Å². The molecule has 0 spiro atoms. The number of aromatic nitrogens is 2. The first kappa shape index (κ1) is 13.6. The lowest BCUT2D eigenvalue weighted by Crippen LogP contribution is -2.35. The second-order valence-corrected chi connectivity index (χ2v) is 6.75. The van der Waals surface area contributed by atoms with Crippen molar-refractivity contribution in [2.45, 2.75) is 37.6 Å². The highest BCUT2D eigenvalue weighted by Gasteiger charge is 2.21. The summed E-state index contributed by atoms with van der Waals surface area (Å²) < 4.78 is 3.21. The maximum Gasteiger partial charge on any atom is 0.0767 e. The number of alkyl halides is 1. The summed E-state index contributed by atoms with van der Waals surface area (Å²) >= 11 is 7.40. The third-order valence-corrected chi connectivity index (χ3v) is 4.99. The van der Waals surface area contributed by atoms with E-state index >= 15 is 0 Å². The van der Waals surface area contributed by atoms with Crippen LogP contribution in [0.4, 0.5) is 0 Å². The molecule has 1 atom stereocenters. The third kappa shape index (κ3) is 3.12. The second kappa shape index (κ2) is 5.85. The molecule has 2 rings (SSSR count). The maximum absolute atomic E-state index is 4.54. The van der Waals surface area contributed by atoms with Gasteiger partial charge in [-0.25, -0.2) is 0 Å². The fraction of sp³-hybridized carbons (Fsp3) is 0.750. The van der Waals surface area contributed by atoms with Crippen molar-refractivity contribution in [1.29, 1.82) is 0 Å². The first-order valence-corrected chi connectivity index (χ1v) is 7.89. The van der Waals surface area contributed by atoms with Gasteiger partial charge in [-0.1, -0.05) is 22.9 Å². The number of hydrogen-bond acceptors (Lipinski definition) is 2. The van der Waals surface area contributed by atoms with Crippen molar-refractivity contribution in [1.82, 2.24) is 14.7 Å². The minimum absolute atomic E-state index is 0.647. The van der Waals surface area contributed by atoms with Gasteiger partial charge in [0.2, 0.25) is 0 Å². The summed E-state index contributed by atoms with van der Waals surface area (Å²) in [6.45, 7) is 5.47. The van der Waals surface area contributed by atoms with Crippen LogP contribution < -0.4 is 0 Å². The van der Waals surface area contributed by atoms with Gasteiger partial charge in [0.1, 0.15) is 0 Å². The summed E-state index contributed by atoms with van der Waals surface area (Å²) in [4.78, 5) is 3.15. The molecule has 0 aliphatic carbocycles. The lowest BCUT2D eigenvalue weighted by Gasteiger charge is -2.29. The molecule has 96 valence electrons. The monoisotopic (exact) mass is 363 g/mol. The predicted molar refractivity (Wildman–Crippen MR) is 77.5 cm³/mol. The highest BCUT2D eigenvalue weighted by atomic mass is 79.9. The van der Waals surface area contributed by atoms with Gasteiger partial charge in [-0.2, -0.15) is 5.10 Å². The van der Waals surface area contributed by atoms with Gasteiger partial charge in [0.05, 0.1) is 15.9 Å². The van der Waals surface area contributed by atoms with E-state index < -0.39 is 0 Å². The van der Waals surface area contributed by atoms with E-state index in [1.807, 2.05) is 11.7 Å². The van der Waals surface area contributed by atoms with Crippen LogP contribution in [0.15, 0.2) is 4.47 Å². The molecule has 1 aliphatic heterocycles. The lowest BCUT2D eigenvalue weighted by atomic mass is 10.1. The Balaban J connectivity index is 2.10. The minimum Gasteiger partial charge on any atom is -0.296 e. The first-order chi connectivity index (χ1) is 8.11.